The summed E-state index contributed by atoms with van der Waals surface area (Å²) in [6.45, 7) is 6.45. The minimum absolute atomic E-state index is 0.00580. The Bertz CT molecular complexity index is 376. The Hall–Kier alpha value is -0.830. The smallest absolute Gasteiger partial charge is 0.252 e. The Balaban J connectivity index is 2.52. The van der Waals surface area contributed by atoms with Crippen molar-refractivity contribution in [3.05, 3.63) is 34.3 Å². The highest BCUT2D eigenvalue weighted by molar-refractivity contribution is 9.10. The number of halogens is 1. The molecule has 1 rings (SSSR count). The number of carbonyl (C=O) groups excluding carboxylic acids is 1. The predicted molar refractivity (Wildman–Crippen MR) is 75.1 cm³/mol. The normalized spacial score (nSPS) is 12.5. The van der Waals surface area contributed by atoms with Crippen LogP contribution in [-0.2, 0) is 0 Å². The molecular weight excluding hydrogens is 278 g/mol. The molecule has 0 radical (unpaired) electrons. The van der Waals surface area contributed by atoms with Crippen LogP contribution < -0.4 is 5.32 Å². The maximum Gasteiger partial charge on any atom is 0.252 e. The Labute approximate surface area is 112 Å². The van der Waals surface area contributed by atoms with Crippen molar-refractivity contribution in [2.75, 3.05) is 0 Å². The summed E-state index contributed by atoms with van der Waals surface area (Å²) in [6, 6.07) is 7.71. The molecule has 2 nitrogen and oxygen atoms in total. The van der Waals surface area contributed by atoms with E-state index in [2.05, 4.69) is 42.0 Å². The van der Waals surface area contributed by atoms with Crippen LogP contribution in [0.4, 0.5) is 0 Å². The highest BCUT2D eigenvalue weighted by atomic mass is 79.9. The maximum absolute atomic E-state index is 12.0. The summed E-state index contributed by atoms with van der Waals surface area (Å²) >= 11 is 3.39. The molecule has 1 atom stereocenters. The van der Waals surface area contributed by atoms with E-state index in [0.717, 1.165) is 17.3 Å². The average Bonchev–Trinajstić information content (AvgIpc) is 2.26. The first-order valence-electron chi connectivity index (χ1n) is 6.06. The van der Waals surface area contributed by atoms with Crippen LogP contribution in [0, 0.1) is 5.92 Å². The minimum Gasteiger partial charge on any atom is -0.350 e. The molecule has 0 saturated heterocycles. The van der Waals surface area contributed by atoms with Crippen LogP contribution in [0.25, 0.3) is 0 Å². The highest BCUT2D eigenvalue weighted by Gasteiger charge is 2.12. The van der Waals surface area contributed by atoms with Gasteiger partial charge in [0.1, 0.15) is 0 Å². The van der Waals surface area contributed by atoms with E-state index in [1.165, 1.54) is 0 Å². The predicted octanol–water partition coefficient (Wildman–Crippen LogP) is 4.00. The SMILES string of the molecule is CC(C)CCC(C)NC(=O)c1ccccc1Br. The van der Waals surface area contributed by atoms with Crippen LogP contribution >= 0.6 is 15.9 Å². The maximum atomic E-state index is 12.0. The number of nitrogens with one attached hydrogen (secondary N) is 1. The van der Waals surface area contributed by atoms with E-state index in [1.807, 2.05) is 24.3 Å². The molecule has 1 N–H and O–H groups in total. The van der Waals surface area contributed by atoms with Crippen LogP contribution in [0.1, 0.15) is 44.0 Å². The van der Waals surface area contributed by atoms with Crippen molar-refractivity contribution in [3.63, 3.8) is 0 Å². The van der Waals surface area contributed by atoms with E-state index in [0.29, 0.717) is 11.5 Å². The lowest BCUT2D eigenvalue weighted by Crippen LogP contribution is -2.32. The molecule has 1 aromatic carbocycles. The second-order valence-electron chi connectivity index (χ2n) is 4.83. The lowest BCUT2D eigenvalue weighted by atomic mass is 10.0. The lowest BCUT2D eigenvalue weighted by molar-refractivity contribution is 0.0936. The van der Waals surface area contributed by atoms with E-state index in [1.54, 1.807) is 0 Å². The van der Waals surface area contributed by atoms with Gasteiger partial charge in [0.25, 0.3) is 5.91 Å². The summed E-state index contributed by atoms with van der Waals surface area (Å²) in [7, 11) is 0. The molecule has 0 heterocycles. The van der Waals surface area contributed by atoms with Crippen molar-refractivity contribution in [1.82, 2.24) is 5.32 Å². The van der Waals surface area contributed by atoms with E-state index in [9.17, 15) is 4.79 Å². The molecule has 1 amide bonds. The van der Waals surface area contributed by atoms with Crippen LogP contribution in [-0.4, -0.2) is 11.9 Å². The van der Waals surface area contributed by atoms with Gasteiger partial charge < -0.3 is 5.32 Å². The summed E-state index contributed by atoms with van der Waals surface area (Å²) in [4.78, 5) is 12.0. The van der Waals surface area contributed by atoms with Gasteiger partial charge in [-0.3, -0.25) is 4.79 Å². The third kappa shape index (κ3) is 4.90. The van der Waals surface area contributed by atoms with Gasteiger partial charge in [0.2, 0.25) is 0 Å². The van der Waals surface area contributed by atoms with Gasteiger partial charge in [0.05, 0.1) is 5.56 Å². The summed E-state index contributed by atoms with van der Waals surface area (Å²) in [5.41, 5.74) is 0.698. The van der Waals surface area contributed by atoms with E-state index < -0.39 is 0 Å². The molecule has 3 heteroatoms. The fourth-order valence-electron chi connectivity index (χ4n) is 1.60. The molecule has 0 aliphatic carbocycles. The van der Waals surface area contributed by atoms with Crippen molar-refractivity contribution in [1.29, 1.82) is 0 Å². The lowest BCUT2D eigenvalue weighted by Gasteiger charge is -2.15. The van der Waals surface area contributed by atoms with Gasteiger partial charge in [-0.05, 0) is 53.7 Å². The minimum atomic E-state index is -0.00580. The number of amides is 1. The molecule has 0 aliphatic heterocycles. The standard InChI is InChI=1S/C14H20BrNO/c1-10(2)8-9-11(3)16-14(17)12-6-4-5-7-13(12)15/h4-7,10-11H,8-9H2,1-3H3,(H,16,17). The van der Waals surface area contributed by atoms with Crippen molar-refractivity contribution in [3.8, 4) is 0 Å². The fourth-order valence-corrected chi connectivity index (χ4v) is 2.07. The van der Waals surface area contributed by atoms with Crippen LogP contribution in [0.2, 0.25) is 0 Å². The first kappa shape index (κ1) is 14.2. The van der Waals surface area contributed by atoms with Gasteiger partial charge in [-0.15, -0.1) is 0 Å². The highest BCUT2D eigenvalue weighted by Crippen LogP contribution is 2.16. The molecule has 1 unspecified atom stereocenters. The first-order chi connectivity index (χ1) is 8.00. The number of carbonyl (C=O) groups is 1. The van der Waals surface area contributed by atoms with Gasteiger partial charge in [-0.25, -0.2) is 0 Å². The van der Waals surface area contributed by atoms with E-state index in [4.69, 9.17) is 0 Å². The number of hydrogen-bond acceptors (Lipinski definition) is 1. The molecule has 1 aromatic rings. The first-order valence-corrected chi connectivity index (χ1v) is 6.85. The number of rotatable bonds is 5. The zero-order valence-corrected chi connectivity index (χ0v) is 12.3. The molecule has 0 aliphatic rings. The molecule has 0 bridgehead atoms. The van der Waals surface area contributed by atoms with Crippen molar-refractivity contribution < 1.29 is 4.79 Å². The molecule has 0 saturated carbocycles. The molecule has 0 fully saturated rings. The molecule has 0 spiro atoms. The second kappa shape index (κ2) is 6.80. The number of hydrogen-bond donors (Lipinski definition) is 1. The Morgan fingerprint density at radius 3 is 2.47 bits per heavy atom. The Morgan fingerprint density at radius 2 is 1.88 bits per heavy atom. The number of benzene rings is 1. The quantitative estimate of drug-likeness (QED) is 0.874. The zero-order valence-electron chi connectivity index (χ0n) is 10.7. The van der Waals surface area contributed by atoms with Crippen LogP contribution in [0.3, 0.4) is 0 Å². The van der Waals surface area contributed by atoms with Crippen molar-refractivity contribution in [2.45, 2.75) is 39.7 Å². The third-order valence-electron chi connectivity index (χ3n) is 2.67. The van der Waals surface area contributed by atoms with Crippen molar-refractivity contribution in [2.24, 2.45) is 5.92 Å². The monoisotopic (exact) mass is 297 g/mol. The molecule has 17 heavy (non-hydrogen) atoms. The molecule has 94 valence electrons. The van der Waals surface area contributed by atoms with Gasteiger partial charge in [-0.2, -0.15) is 0 Å². The molecular formula is C14H20BrNO. The van der Waals surface area contributed by atoms with Gasteiger partial charge in [-0.1, -0.05) is 26.0 Å². The largest absolute Gasteiger partial charge is 0.350 e. The summed E-state index contributed by atoms with van der Waals surface area (Å²) < 4.78 is 0.841. The second-order valence-corrected chi connectivity index (χ2v) is 5.68. The topological polar surface area (TPSA) is 29.1 Å². The van der Waals surface area contributed by atoms with E-state index in [-0.39, 0.29) is 11.9 Å². The summed E-state index contributed by atoms with van der Waals surface area (Å²) in [5, 5.41) is 3.02. The summed E-state index contributed by atoms with van der Waals surface area (Å²) in [5.74, 6) is 0.673. The Morgan fingerprint density at radius 1 is 1.24 bits per heavy atom. The fraction of sp³-hybridized carbons (Fsp3) is 0.500. The van der Waals surface area contributed by atoms with Crippen LogP contribution in [0.15, 0.2) is 28.7 Å². The average molecular weight is 298 g/mol. The van der Waals surface area contributed by atoms with Gasteiger partial charge in [0, 0.05) is 10.5 Å². The molecule has 0 aromatic heterocycles. The van der Waals surface area contributed by atoms with Gasteiger partial charge >= 0.3 is 0 Å². The van der Waals surface area contributed by atoms with Crippen molar-refractivity contribution >= 4 is 21.8 Å². The van der Waals surface area contributed by atoms with Gasteiger partial charge in [0.15, 0.2) is 0 Å². The van der Waals surface area contributed by atoms with E-state index >= 15 is 0 Å². The van der Waals surface area contributed by atoms with Crippen LogP contribution in [0.5, 0.6) is 0 Å². The summed E-state index contributed by atoms with van der Waals surface area (Å²) in [6.07, 6.45) is 2.16. The zero-order chi connectivity index (χ0) is 12.8. The Kier molecular flexibility index (Phi) is 5.69. The third-order valence-corrected chi connectivity index (χ3v) is 3.36.